The topological polar surface area (TPSA) is 40.5 Å². The number of benzene rings is 1. The molecular weight excluding hydrogens is 202 g/mol. The molecule has 0 spiro atoms. The van der Waals surface area contributed by atoms with Gasteiger partial charge in [-0.25, -0.2) is 0 Å². The maximum atomic E-state index is 11.2. The Balaban J connectivity index is 2.03. The molecule has 0 bridgehead atoms. The Morgan fingerprint density at radius 3 is 2.56 bits per heavy atom. The van der Waals surface area contributed by atoms with Crippen molar-refractivity contribution in [3.05, 3.63) is 35.9 Å². The molecule has 1 heterocycles. The molecule has 0 amide bonds. The summed E-state index contributed by atoms with van der Waals surface area (Å²) in [4.78, 5) is 13.4. The number of rotatable bonds is 4. The SMILES string of the molecule is CC1CN(CC(C(=O)O)c2ccccc2)C1. The predicted octanol–water partition coefficient (Wildman–Crippen LogP) is 1.81. The maximum absolute atomic E-state index is 11.2. The number of hydrogen-bond acceptors (Lipinski definition) is 2. The molecule has 1 aromatic rings. The molecule has 0 saturated carbocycles. The average molecular weight is 219 g/mol. The number of likely N-dealkylation sites (tertiary alicyclic amines) is 1. The average Bonchev–Trinajstić information content (AvgIpc) is 2.23. The van der Waals surface area contributed by atoms with Gasteiger partial charge in [-0.15, -0.1) is 0 Å². The van der Waals surface area contributed by atoms with E-state index < -0.39 is 11.9 Å². The second kappa shape index (κ2) is 4.66. The van der Waals surface area contributed by atoms with Gasteiger partial charge < -0.3 is 10.0 Å². The number of carboxylic acids is 1. The molecule has 1 fully saturated rings. The number of nitrogens with zero attached hydrogens (tertiary/aromatic N) is 1. The van der Waals surface area contributed by atoms with Gasteiger partial charge in [-0.1, -0.05) is 37.3 Å². The molecule has 3 nitrogen and oxygen atoms in total. The Hall–Kier alpha value is -1.35. The summed E-state index contributed by atoms with van der Waals surface area (Å²) in [6.07, 6.45) is 0. The first-order valence-electron chi connectivity index (χ1n) is 5.67. The highest BCUT2D eigenvalue weighted by Gasteiger charge is 2.28. The van der Waals surface area contributed by atoms with Crippen LogP contribution >= 0.6 is 0 Å². The molecule has 16 heavy (non-hydrogen) atoms. The van der Waals surface area contributed by atoms with Crippen molar-refractivity contribution in [1.82, 2.24) is 4.90 Å². The van der Waals surface area contributed by atoms with Gasteiger partial charge in [0.1, 0.15) is 0 Å². The molecule has 2 rings (SSSR count). The molecule has 1 aliphatic rings. The molecule has 1 unspecified atom stereocenters. The lowest BCUT2D eigenvalue weighted by Gasteiger charge is -2.38. The van der Waals surface area contributed by atoms with Crippen LogP contribution in [0, 0.1) is 5.92 Å². The third-order valence-corrected chi connectivity index (χ3v) is 3.08. The number of aliphatic carboxylic acids is 1. The highest BCUT2D eigenvalue weighted by Crippen LogP contribution is 2.22. The van der Waals surface area contributed by atoms with E-state index in [1.165, 1.54) is 0 Å². The number of carbonyl (C=O) groups is 1. The normalized spacial score (nSPS) is 19.1. The van der Waals surface area contributed by atoms with Crippen molar-refractivity contribution in [3.63, 3.8) is 0 Å². The third-order valence-electron chi connectivity index (χ3n) is 3.08. The highest BCUT2D eigenvalue weighted by molar-refractivity contribution is 5.76. The summed E-state index contributed by atoms with van der Waals surface area (Å²) in [5.41, 5.74) is 0.898. The van der Waals surface area contributed by atoms with E-state index in [0.29, 0.717) is 12.5 Å². The van der Waals surface area contributed by atoms with Crippen LogP contribution in [0.3, 0.4) is 0 Å². The Kier molecular flexibility index (Phi) is 3.25. The van der Waals surface area contributed by atoms with Crippen molar-refractivity contribution in [2.75, 3.05) is 19.6 Å². The molecular formula is C13H17NO2. The Labute approximate surface area is 95.7 Å². The van der Waals surface area contributed by atoms with E-state index >= 15 is 0 Å². The minimum absolute atomic E-state index is 0.395. The molecule has 0 radical (unpaired) electrons. The van der Waals surface area contributed by atoms with Gasteiger partial charge in [-0.2, -0.15) is 0 Å². The molecule has 1 aromatic carbocycles. The lowest BCUT2D eigenvalue weighted by molar-refractivity contribution is -0.139. The predicted molar refractivity (Wildman–Crippen MR) is 62.4 cm³/mol. The van der Waals surface area contributed by atoms with E-state index in [-0.39, 0.29) is 0 Å². The van der Waals surface area contributed by atoms with Crippen LogP contribution in [0.15, 0.2) is 30.3 Å². The zero-order chi connectivity index (χ0) is 11.5. The first kappa shape index (κ1) is 11.1. The van der Waals surface area contributed by atoms with Gasteiger partial charge in [0.05, 0.1) is 5.92 Å². The second-order valence-corrected chi connectivity index (χ2v) is 4.63. The summed E-state index contributed by atoms with van der Waals surface area (Å²) in [5, 5.41) is 9.23. The van der Waals surface area contributed by atoms with Crippen LogP contribution in [-0.2, 0) is 4.79 Å². The summed E-state index contributed by atoms with van der Waals surface area (Å²) >= 11 is 0. The number of hydrogen-bond donors (Lipinski definition) is 1. The van der Waals surface area contributed by atoms with E-state index in [4.69, 9.17) is 0 Å². The van der Waals surface area contributed by atoms with Crippen molar-refractivity contribution in [2.24, 2.45) is 5.92 Å². The molecule has 1 N–H and O–H groups in total. The Morgan fingerprint density at radius 1 is 1.44 bits per heavy atom. The molecule has 0 aromatic heterocycles. The van der Waals surface area contributed by atoms with Crippen molar-refractivity contribution >= 4 is 5.97 Å². The van der Waals surface area contributed by atoms with Gasteiger partial charge in [0.25, 0.3) is 0 Å². The fraction of sp³-hybridized carbons (Fsp3) is 0.462. The summed E-state index contributed by atoms with van der Waals surface area (Å²) in [5.74, 6) is -0.412. The molecule has 86 valence electrons. The summed E-state index contributed by atoms with van der Waals surface area (Å²) in [7, 11) is 0. The minimum Gasteiger partial charge on any atom is -0.481 e. The van der Waals surface area contributed by atoms with Gasteiger partial charge >= 0.3 is 5.97 Å². The van der Waals surface area contributed by atoms with Crippen LogP contribution in [0.4, 0.5) is 0 Å². The van der Waals surface area contributed by atoms with Crippen molar-refractivity contribution in [1.29, 1.82) is 0 Å². The fourth-order valence-corrected chi connectivity index (χ4v) is 2.25. The lowest BCUT2D eigenvalue weighted by Crippen LogP contribution is -2.47. The van der Waals surface area contributed by atoms with E-state index in [0.717, 1.165) is 18.7 Å². The molecule has 3 heteroatoms. The summed E-state index contributed by atoms with van der Waals surface area (Å²) in [6.45, 7) is 4.87. The molecule has 1 aliphatic heterocycles. The van der Waals surface area contributed by atoms with Crippen LogP contribution in [-0.4, -0.2) is 35.6 Å². The summed E-state index contributed by atoms with van der Waals surface area (Å²) in [6, 6.07) is 9.48. The van der Waals surface area contributed by atoms with E-state index in [2.05, 4.69) is 11.8 Å². The summed E-state index contributed by atoms with van der Waals surface area (Å²) < 4.78 is 0. The minimum atomic E-state index is -0.731. The maximum Gasteiger partial charge on any atom is 0.312 e. The molecule has 1 atom stereocenters. The van der Waals surface area contributed by atoms with Gasteiger partial charge in [0.2, 0.25) is 0 Å². The molecule has 1 saturated heterocycles. The first-order chi connectivity index (χ1) is 7.66. The van der Waals surface area contributed by atoms with Gasteiger partial charge in [-0.3, -0.25) is 4.79 Å². The van der Waals surface area contributed by atoms with E-state index in [1.54, 1.807) is 0 Å². The quantitative estimate of drug-likeness (QED) is 0.839. The number of carboxylic acid groups (broad SMARTS) is 1. The van der Waals surface area contributed by atoms with Crippen LogP contribution < -0.4 is 0 Å². The van der Waals surface area contributed by atoms with Gasteiger partial charge in [0.15, 0.2) is 0 Å². The Morgan fingerprint density at radius 2 is 2.06 bits per heavy atom. The van der Waals surface area contributed by atoms with Crippen LogP contribution in [0.1, 0.15) is 18.4 Å². The van der Waals surface area contributed by atoms with Gasteiger partial charge in [0, 0.05) is 19.6 Å². The standard InChI is InChI=1S/C13H17NO2/c1-10-7-14(8-10)9-12(13(15)16)11-5-3-2-4-6-11/h2-6,10,12H,7-9H2,1H3,(H,15,16). The van der Waals surface area contributed by atoms with Crippen molar-refractivity contribution < 1.29 is 9.90 Å². The Bertz CT molecular complexity index is 357. The third kappa shape index (κ3) is 2.42. The van der Waals surface area contributed by atoms with Crippen LogP contribution in [0.2, 0.25) is 0 Å². The second-order valence-electron chi connectivity index (χ2n) is 4.63. The van der Waals surface area contributed by atoms with E-state index in [1.807, 2.05) is 30.3 Å². The smallest absolute Gasteiger partial charge is 0.312 e. The largest absolute Gasteiger partial charge is 0.481 e. The zero-order valence-electron chi connectivity index (χ0n) is 9.47. The van der Waals surface area contributed by atoms with E-state index in [9.17, 15) is 9.90 Å². The first-order valence-corrected chi connectivity index (χ1v) is 5.67. The lowest BCUT2D eigenvalue weighted by atomic mass is 9.95. The monoisotopic (exact) mass is 219 g/mol. The van der Waals surface area contributed by atoms with Crippen molar-refractivity contribution in [2.45, 2.75) is 12.8 Å². The highest BCUT2D eigenvalue weighted by atomic mass is 16.4. The van der Waals surface area contributed by atoms with Crippen molar-refractivity contribution in [3.8, 4) is 0 Å². The van der Waals surface area contributed by atoms with Crippen LogP contribution in [0.5, 0.6) is 0 Å². The van der Waals surface area contributed by atoms with Gasteiger partial charge in [-0.05, 0) is 11.5 Å². The fourth-order valence-electron chi connectivity index (χ4n) is 2.25. The van der Waals surface area contributed by atoms with Crippen LogP contribution in [0.25, 0.3) is 0 Å². The zero-order valence-corrected chi connectivity index (χ0v) is 9.47. The molecule has 0 aliphatic carbocycles.